The van der Waals surface area contributed by atoms with E-state index in [-0.39, 0.29) is 29.7 Å². The van der Waals surface area contributed by atoms with Crippen LogP contribution in [0.2, 0.25) is 5.02 Å². The SMILES string of the molecule is O=[N+]([O-])c1cc(Cl)cnc1NCCO. The second-order valence-electron chi connectivity index (χ2n) is 2.43. The molecule has 0 saturated carbocycles. The first-order valence-electron chi connectivity index (χ1n) is 3.80. The van der Waals surface area contributed by atoms with Gasteiger partial charge >= 0.3 is 5.69 Å². The first-order chi connectivity index (χ1) is 6.65. The Hall–Kier alpha value is -1.40. The van der Waals surface area contributed by atoms with Crippen molar-refractivity contribution in [1.82, 2.24) is 4.98 Å². The molecule has 7 heteroatoms. The van der Waals surface area contributed by atoms with Crippen LogP contribution in [0, 0.1) is 10.1 Å². The summed E-state index contributed by atoms with van der Waals surface area (Å²) in [7, 11) is 0. The van der Waals surface area contributed by atoms with E-state index < -0.39 is 4.92 Å². The van der Waals surface area contributed by atoms with Gasteiger partial charge in [0.1, 0.15) is 0 Å². The molecule has 1 aromatic rings. The van der Waals surface area contributed by atoms with Crippen molar-refractivity contribution in [2.45, 2.75) is 0 Å². The van der Waals surface area contributed by atoms with Gasteiger partial charge in [-0.3, -0.25) is 10.1 Å². The van der Waals surface area contributed by atoms with E-state index in [1.165, 1.54) is 12.3 Å². The highest BCUT2D eigenvalue weighted by Crippen LogP contribution is 2.24. The van der Waals surface area contributed by atoms with E-state index in [1.54, 1.807) is 0 Å². The average molecular weight is 218 g/mol. The largest absolute Gasteiger partial charge is 0.395 e. The summed E-state index contributed by atoms with van der Waals surface area (Å²) in [4.78, 5) is 13.7. The first kappa shape index (κ1) is 10.7. The molecular formula is C7H8ClN3O3. The van der Waals surface area contributed by atoms with Crippen LogP contribution in [0.3, 0.4) is 0 Å². The van der Waals surface area contributed by atoms with E-state index in [0.717, 1.165) is 0 Å². The molecule has 76 valence electrons. The van der Waals surface area contributed by atoms with Crippen molar-refractivity contribution >= 4 is 23.1 Å². The molecule has 2 N–H and O–H groups in total. The lowest BCUT2D eigenvalue weighted by Gasteiger charge is -2.03. The van der Waals surface area contributed by atoms with Crippen LogP contribution < -0.4 is 5.32 Å². The molecule has 0 radical (unpaired) electrons. The second kappa shape index (κ2) is 4.73. The topological polar surface area (TPSA) is 88.3 Å². The van der Waals surface area contributed by atoms with Crippen molar-refractivity contribution in [3.8, 4) is 0 Å². The standard InChI is InChI=1S/C7H8ClN3O3/c8-5-3-6(11(13)14)7(10-4-5)9-1-2-12/h3-4,12H,1-2H2,(H,9,10). The zero-order valence-electron chi connectivity index (χ0n) is 7.11. The van der Waals surface area contributed by atoms with Crippen LogP contribution in [0.1, 0.15) is 0 Å². The molecule has 0 saturated heterocycles. The van der Waals surface area contributed by atoms with Crippen molar-refractivity contribution in [3.63, 3.8) is 0 Å². The summed E-state index contributed by atoms with van der Waals surface area (Å²) in [5, 5.41) is 21.9. The summed E-state index contributed by atoms with van der Waals surface area (Å²) in [6.45, 7) is 0.0803. The number of nitro groups is 1. The molecule has 14 heavy (non-hydrogen) atoms. The predicted molar refractivity (Wildman–Crippen MR) is 51.5 cm³/mol. The summed E-state index contributed by atoms with van der Waals surface area (Å²) in [5.41, 5.74) is -0.203. The third-order valence-corrected chi connectivity index (χ3v) is 1.64. The number of nitrogens with one attached hydrogen (secondary N) is 1. The highest BCUT2D eigenvalue weighted by atomic mass is 35.5. The molecule has 0 aliphatic heterocycles. The molecule has 0 bridgehead atoms. The molecule has 0 atom stereocenters. The number of anilines is 1. The van der Waals surface area contributed by atoms with Crippen molar-refractivity contribution in [1.29, 1.82) is 0 Å². The summed E-state index contributed by atoms with van der Waals surface area (Å²) in [6, 6.07) is 1.20. The number of aliphatic hydroxyl groups is 1. The van der Waals surface area contributed by atoms with E-state index in [1.807, 2.05) is 0 Å². The quantitative estimate of drug-likeness (QED) is 0.581. The molecule has 0 spiro atoms. The summed E-state index contributed by atoms with van der Waals surface area (Å²) in [6.07, 6.45) is 1.30. The third-order valence-electron chi connectivity index (χ3n) is 1.44. The Kier molecular flexibility index (Phi) is 3.61. The molecule has 6 nitrogen and oxygen atoms in total. The minimum absolute atomic E-state index is 0.105. The average Bonchev–Trinajstić information content (AvgIpc) is 2.15. The maximum Gasteiger partial charge on any atom is 0.312 e. The van der Waals surface area contributed by atoms with E-state index in [2.05, 4.69) is 10.3 Å². The molecule has 0 amide bonds. The van der Waals surface area contributed by atoms with Gasteiger partial charge in [0.15, 0.2) is 0 Å². The third kappa shape index (κ3) is 2.54. The van der Waals surface area contributed by atoms with Crippen LogP contribution in [0.15, 0.2) is 12.3 Å². The monoisotopic (exact) mass is 217 g/mol. The Labute approximate surface area is 84.7 Å². The van der Waals surface area contributed by atoms with E-state index in [4.69, 9.17) is 16.7 Å². The van der Waals surface area contributed by atoms with Gasteiger partial charge in [-0.25, -0.2) is 4.98 Å². The van der Waals surface area contributed by atoms with Crippen molar-refractivity contribution in [2.75, 3.05) is 18.5 Å². The Morgan fingerprint density at radius 3 is 3.00 bits per heavy atom. The Balaban J connectivity index is 2.96. The van der Waals surface area contributed by atoms with Gasteiger partial charge in [-0.1, -0.05) is 11.6 Å². The molecule has 1 heterocycles. The zero-order chi connectivity index (χ0) is 10.6. The fourth-order valence-electron chi connectivity index (χ4n) is 0.878. The van der Waals surface area contributed by atoms with E-state index >= 15 is 0 Å². The molecule has 0 fully saturated rings. The highest BCUT2D eigenvalue weighted by Gasteiger charge is 2.14. The highest BCUT2D eigenvalue weighted by molar-refractivity contribution is 6.30. The van der Waals surface area contributed by atoms with E-state index in [9.17, 15) is 10.1 Å². The maximum atomic E-state index is 10.5. The zero-order valence-corrected chi connectivity index (χ0v) is 7.86. The van der Waals surface area contributed by atoms with Crippen LogP contribution in [0.25, 0.3) is 0 Å². The maximum absolute atomic E-state index is 10.5. The predicted octanol–water partition coefficient (Wildman–Crippen LogP) is 1.05. The fourth-order valence-corrected chi connectivity index (χ4v) is 1.03. The van der Waals surface area contributed by atoms with Crippen LogP contribution in [0.5, 0.6) is 0 Å². The number of nitrogens with zero attached hydrogens (tertiary/aromatic N) is 2. The Morgan fingerprint density at radius 2 is 2.43 bits per heavy atom. The smallest absolute Gasteiger partial charge is 0.312 e. The second-order valence-corrected chi connectivity index (χ2v) is 2.87. The number of aliphatic hydroxyl groups excluding tert-OH is 1. The minimum Gasteiger partial charge on any atom is -0.395 e. The van der Waals surface area contributed by atoms with Gasteiger partial charge in [0.2, 0.25) is 5.82 Å². The molecule has 0 aliphatic rings. The van der Waals surface area contributed by atoms with Gasteiger partial charge in [0.05, 0.1) is 16.6 Å². The van der Waals surface area contributed by atoms with Crippen molar-refractivity contribution in [2.24, 2.45) is 0 Å². The number of halogens is 1. The number of pyridine rings is 1. The van der Waals surface area contributed by atoms with Crippen molar-refractivity contribution < 1.29 is 10.0 Å². The molecule has 0 aromatic carbocycles. The summed E-state index contributed by atoms with van der Waals surface area (Å²) >= 11 is 5.55. The molecular weight excluding hydrogens is 210 g/mol. The van der Waals surface area contributed by atoms with Crippen molar-refractivity contribution in [3.05, 3.63) is 27.4 Å². The lowest BCUT2D eigenvalue weighted by molar-refractivity contribution is -0.384. The summed E-state index contributed by atoms with van der Waals surface area (Å²) in [5.74, 6) is 0.105. The van der Waals surface area contributed by atoms with Gasteiger partial charge in [-0.15, -0.1) is 0 Å². The lowest BCUT2D eigenvalue weighted by Crippen LogP contribution is -2.08. The van der Waals surface area contributed by atoms with E-state index in [0.29, 0.717) is 0 Å². The molecule has 0 unspecified atom stereocenters. The molecule has 0 aliphatic carbocycles. The van der Waals surface area contributed by atoms with Gasteiger partial charge in [0, 0.05) is 18.8 Å². The number of aromatic nitrogens is 1. The van der Waals surface area contributed by atoms with Crippen LogP contribution in [-0.4, -0.2) is 28.2 Å². The van der Waals surface area contributed by atoms with Crippen LogP contribution in [-0.2, 0) is 0 Å². The first-order valence-corrected chi connectivity index (χ1v) is 4.17. The normalized spacial score (nSPS) is 9.86. The number of rotatable bonds is 4. The summed E-state index contributed by atoms with van der Waals surface area (Å²) < 4.78 is 0. The number of hydrogen-bond donors (Lipinski definition) is 2. The number of hydrogen-bond acceptors (Lipinski definition) is 5. The van der Waals surface area contributed by atoms with Gasteiger partial charge in [-0.05, 0) is 0 Å². The van der Waals surface area contributed by atoms with Crippen LogP contribution >= 0.6 is 11.6 Å². The lowest BCUT2D eigenvalue weighted by atomic mass is 10.4. The Bertz CT molecular complexity index is 345. The van der Waals surface area contributed by atoms with Gasteiger partial charge in [-0.2, -0.15) is 0 Å². The fraction of sp³-hybridized carbons (Fsp3) is 0.286. The minimum atomic E-state index is -0.585. The van der Waals surface area contributed by atoms with Gasteiger partial charge < -0.3 is 10.4 Å². The van der Waals surface area contributed by atoms with Gasteiger partial charge in [0.25, 0.3) is 0 Å². The van der Waals surface area contributed by atoms with Crippen LogP contribution in [0.4, 0.5) is 11.5 Å². The Morgan fingerprint density at radius 1 is 1.71 bits per heavy atom. The molecule has 1 rings (SSSR count). The molecule has 1 aromatic heterocycles.